The number of hydrogen-bond donors (Lipinski definition) is 2. The highest BCUT2D eigenvalue weighted by molar-refractivity contribution is 5.81. The van der Waals surface area contributed by atoms with Gasteiger partial charge in [0.05, 0.1) is 22.9 Å². The molecule has 148 valence electrons. The van der Waals surface area contributed by atoms with Gasteiger partial charge in [0.1, 0.15) is 12.1 Å². The maximum atomic E-state index is 12.1. The molecule has 0 amide bonds. The zero-order chi connectivity index (χ0) is 20.9. The van der Waals surface area contributed by atoms with Gasteiger partial charge in [-0.2, -0.15) is 0 Å². The molecular formula is C22H19N7O. The van der Waals surface area contributed by atoms with Crippen LogP contribution in [0.15, 0.2) is 73.3 Å². The van der Waals surface area contributed by atoms with Crippen molar-refractivity contribution in [3.63, 3.8) is 0 Å². The van der Waals surface area contributed by atoms with Crippen LogP contribution in [0.25, 0.3) is 28.2 Å². The van der Waals surface area contributed by atoms with Gasteiger partial charge in [0.15, 0.2) is 5.82 Å². The summed E-state index contributed by atoms with van der Waals surface area (Å²) in [6.07, 6.45) is 9.71. The maximum absolute atomic E-state index is 12.1. The SMILES string of the molecule is C=Cc1ncc(-c2cc(NC[C@@H](C=C)c3cccc4c(=O)[nH]cnc34)ncn2)cn1. The third-order valence-electron chi connectivity index (χ3n) is 4.71. The molecule has 4 rings (SSSR count). The number of nitrogens with one attached hydrogen (secondary N) is 2. The van der Waals surface area contributed by atoms with Gasteiger partial charge in [-0.05, 0) is 17.7 Å². The van der Waals surface area contributed by atoms with Crippen LogP contribution in [-0.2, 0) is 0 Å². The highest BCUT2D eigenvalue weighted by Gasteiger charge is 2.14. The Morgan fingerprint density at radius 2 is 1.93 bits per heavy atom. The predicted molar refractivity (Wildman–Crippen MR) is 117 cm³/mol. The Morgan fingerprint density at radius 1 is 1.10 bits per heavy atom. The Labute approximate surface area is 172 Å². The summed E-state index contributed by atoms with van der Waals surface area (Å²) in [4.78, 5) is 36.0. The van der Waals surface area contributed by atoms with Crippen LogP contribution in [0.3, 0.4) is 0 Å². The van der Waals surface area contributed by atoms with E-state index in [0.29, 0.717) is 34.8 Å². The minimum Gasteiger partial charge on any atom is -0.369 e. The lowest BCUT2D eigenvalue weighted by Crippen LogP contribution is -2.14. The van der Waals surface area contributed by atoms with Crippen molar-refractivity contribution < 1.29 is 0 Å². The number of nitrogens with zero attached hydrogens (tertiary/aromatic N) is 5. The second-order valence-electron chi connectivity index (χ2n) is 6.52. The molecule has 0 aliphatic carbocycles. The van der Waals surface area contributed by atoms with Crippen LogP contribution >= 0.6 is 0 Å². The molecule has 0 fully saturated rings. The number of fused-ring (bicyclic) bond motifs is 1. The summed E-state index contributed by atoms with van der Waals surface area (Å²) < 4.78 is 0. The van der Waals surface area contributed by atoms with Gasteiger partial charge < -0.3 is 10.3 Å². The molecule has 0 aliphatic heterocycles. The van der Waals surface area contributed by atoms with Crippen molar-refractivity contribution in [1.29, 1.82) is 0 Å². The second-order valence-corrected chi connectivity index (χ2v) is 6.52. The van der Waals surface area contributed by atoms with Crippen LogP contribution in [0.2, 0.25) is 0 Å². The number of hydrogen-bond acceptors (Lipinski definition) is 7. The first-order chi connectivity index (χ1) is 14.7. The van der Waals surface area contributed by atoms with E-state index in [1.165, 1.54) is 12.7 Å². The van der Waals surface area contributed by atoms with E-state index in [2.05, 4.69) is 48.4 Å². The smallest absolute Gasteiger partial charge is 0.258 e. The minimum absolute atomic E-state index is 0.0726. The lowest BCUT2D eigenvalue weighted by Gasteiger charge is -2.16. The number of H-pyrrole nitrogens is 1. The Bertz CT molecular complexity index is 1260. The van der Waals surface area contributed by atoms with E-state index in [9.17, 15) is 4.79 Å². The van der Waals surface area contributed by atoms with Gasteiger partial charge in [0.2, 0.25) is 0 Å². The lowest BCUT2D eigenvalue weighted by molar-refractivity contribution is 0.886. The highest BCUT2D eigenvalue weighted by Crippen LogP contribution is 2.24. The van der Waals surface area contributed by atoms with Crippen molar-refractivity contribution in [1.82, 2.24) is 29.9 Å². The molecule has 3 aromatic heterocycles. The molecule has 0 saturated carbocycles. The van der Waals surface area contributed by atoms with E-state index in [1.54, 1.807) is 24.5 Å². The third-order valence-corrected chi connectivity index (χ3v) is 4.71. The average molecular weight is 397 g/mol. The van der Waals surface area contributed by atoms with Gasteiger partial charge in [-0.15, -0.1) is 6.58 Å². The topological polar surface area (TPSA) is 109 Å². The minimum atomic E-state index is -0.164. The second kappa shape index (κ2) is 8.44. The van der Waals surface area contributed by atoms with Gasteiger partial charge in [0.25, 0.3) is 5.56 Å². The average Bonchev–Trinajstić information content (AvgIpc) is 2.80. The normalized spacial score (nSPS) is 11.7. The lowest BCUT2D eigenvalue weighted by atomic mass is 9.96. The maximum Gasteiger partial charge on any atom is 0.258 e. The molecule has 2 N–H and O–H groups in total. The van der Waals surface area contributed by atoms with Gasteiger partial charge >= 0.3 is 0 Å². The fraction of sp³-hybridized carbons (Fsp3) is 0.0909. The molecule has 0 radical (unpaired) electrons. The van der Waals surface area contributed by atoms with Crippen molar-refractivity contribution in [3.8, 4) is 11.3 Å². The molecule has 1 atom stereocenters. The first-order valence-electron chi connectivity index (χ1n) is 9.29. The van der Waals surface area contributed by atoms with E-state index < -0.39 is 0 Å². The molecular weight excluding hydrogens is 378 g/mol. The van der Waals surface area contributed by atoms with Crippen LogP contribution < -0.4 is 10.9 Å². The van der Waals surface area contributed by atoms with Crippen LogP contribution in [0.1, 0.15) is 17.3 Å². The molecule has 3 heterocycles. The van der Waals surface area contributed by atoms with Crippen molar-refractivity contribution in [2.75, 3.05) is 11.9 Å². The summed E-state index contributed by atoms with van der Waals surface area (Å²) in [5.41, 5.74) is 2.91. The van der Waals surface area contributed by atoms with Crippen molar-refractivity contribution in [3.05, 3.63) is 90.3 Å². The molecule has 0 bridgehead atoms. The summed E-state index contributed by atoms with van der Waals surface area (Å²) in [7, 11) is 0. The fourth-order valence-corrected chi connectivity index (χ4v) is 3.14. The highest BCUT2D eigenvalue weighted by atomic mass is 16.1. The van der Waals surface area contributed by atoms with Crippen molar-refractivity contribution >= 4 is 22.8 Å². The predicted octanol–water partition coefficient (Wildman–Crippen LogP) is 3.19. The Morgan fingerprint density at radius 3 is 2.70 bits per heavy atom. The van der Waals surface area contributed by atoms with E-state index in [0.717, 1.165) is 11.1 Å². The molecule has 30 heavy (non-hydrogen) atoms. The molecule has 0 aliphatic rings. The van der Waals surface area contributed by atoms with Crippen molar-refractivity contribution in [2.24, 2.45) is 0 Å². The first kappa shape index (κ1) is 19.1. The zero-order valence-electron chi connectivity index (χ0n) is 16.1. The van der Waals surface area contributed by atoms with Crippen LogP contribution in [0, 0.1) is 0 Å². The molecule has 0 unspecified atom stereocenters. The zero-order valence-corrected chi connectivity index (χ0v) is 16.1. The number of anilines is 1. The van der Waals surface area contributed by atoms with Gasteiger partial charge in [0, 0.05) is 36.5 Å². The van der Waals surface area contributed by atoms with E-state index in [1.807, 2.05) is 24.3 Å². The summed E-state index contributed by atoms with van der Waals surface area (Å²) >= 11 is 0. The summed E-state index contributed by atoms with van der Waals surface area (Å²) in [6, 6.07) is 7.39. The summed E-state index contributed by atoms with van der Waals surface area (Å²) in [5.74, 6) is 1.14. The molecule has 0 saturated heterocycles. The van der Waals surface area contributed by atoms with E-state index >= 15 is 0 Å². The van der Waals surface area contributed by atoms with Gasteiger partial charge in [-0.1, -0.05) is 24.8 Å². The van der Waals surface area contributed by atoms with Gasteiger partial charge in [-0.25, -0.2) is 24.9 Å². The fourth-order valence-electron chi connectivity index (χ4n) is 3.14. The molecule has 0 spiro atoms. The van der Waals surface area contributed by atoms with Crippen LogP contribution in [0.5, 0.6) is 0 Å². The number of aromatic amines is 1. The number of para-hydroxylation sites is 1. The monoisotopic (exact) mass is 397 g/mol. The van der Waals surface area contributed by atoms with Gasteiger partial charge in [-0.3, -0.25) is 4.79 Å². The third kappa shape index (κ3) is 3.83. The first-order valence-corrected chi connectivity index (χ1v) is 9.29. The molecule has 8 nitrogen and oxygen atoms in total. The number of benzene rings is 1. The van der Waals surface area contributed by atoms with Crippen molar-refractivity contribution in [2.45, 2.75) is 5.92 Å². The largest absolute Gasteiger partial charge is 0.369 e. The summed E-state index contributed by atoms with van der Waals surface area (Å²) in [5, 5.41) is 3.86. The molecule has 8 heteroatoms. The van der Waals surface area contributed by atoms with E-state index in [-0.39, 0.29) is 11.5 Å². The Kier molecular flexibility index (Phi) is 5.38. The standard InChI is InChI=1S/C22H19N7O/c1-3-14(16-6-5-7-17-21(16)28-13-29-22(17)30)9-25-20-8-18(26-12-27-20)15-10-23-19(4-2)24-11-15/h3-8,10-14H,1-2,9H2,(H,25,26,27)(H,28,29,30)/t14-/m1/s1. The number of rotatable bonds is 7. The molecule has 4 aromatic rings. The van der Waals surface area contributed by atoms with Crippen LogP contribution in [-0.4, -0.2) is 36.4 Å². The quantitative estimate of drug-likeness (QED) is 0.461. The number of aromatic nitrogens is 6. The van der Waals surface area contributed by atoms with Crippen LogP contribution in [0.4, 0.5) is 5.82 Å². The summed E-state index contributed by atoms with van der Waals surface area (Å²) in [6.45, 7) is 8.13. The Hall–Kier alpha value is -4.20. The van der Waals surface area contributed by atoms with E-state index in [4.69, 9.17) is 0 Å². The Balaban J connectivity index is 1.57. The molecule has 1 aromatic carbocycles.